The van der Waals surface area contributed by atoms with Crippen LogP contribution in [0.5, 0.6) is 5.75 Å². The molecule has 1 N–H and O–H groups in total. The SMILES string of the molecule is CNC(C)c1ccc(F)cc1OCc1ccc(Cl)s1. The third kappa shape index (κ3) is 3.69. The highest BCUT2D eigenvalue weighted by molar-refractivity contribution is 7.16. The molecule has 2 aromatic rings. The van der Waals surface area contributed by atoms with Gasteiger partial charge in [0, 0.05) is 22.5 Å². The summed E-state index contributed by atoms with van der Waals surface area (Å²) in [5.74, 6) is 0.262. The molecule has 0 saturated carbocycles. The maximum Gasteiger partial charge on any atom is 0.127 e. The van der Waals surface area contributed by atoms with E-state index in [1.807, 2.05) is 26.1 Å². The molecule has 1 unspecified atom stereocenters. The van der Waals surface area contributed by atoms with E-state index < -0.39 is 0 Å². The summed E-state index contributed by atoms with van der Waals surface area (Å²) in [5, 5.41) is 3.12. The van der Waals surface area contributed by atoms with Crippen LogP contribution in [0, 0.1) is 5.82 Å². The van der Waals surface area contributed by atoms with E-state index in [2.05, 4.69) is 5.32 Å². The molecule has 0 aliphatic heterocycles. The zero-order valence-electron chi connectivity index (χ0n) is 10.7. The first-order valence-corrected chi connectivity index (χ1v) is 7.13. The number of nitrogens with one attached hydrogen (secondary N) is 1. The van der Waals surface area contributed by atoms with Crippen molar-refractivity contribution >= 4 is 22.9 Å². The Kier molecular flexibility index (Phi) is 4.80. The van der Waals surface area contributed by atoms with Gasteiger partial charge in [-0.3, -0.25) is 0 Å². The van der Waals surface area contributed by atoms with E-state index in [1.165, 1.54) is 23.5 Å². The van der Waals surface area contributed by atoms with Crippen molar-refractivity contribution in [2.24, 2.45) is 0 Å². The largest absolute Gasteiger partial charge is 0.488 e. The van der Waals surface area contributed by atoms with Crippen LogP contribution in [0.25, 0.3) is 0 Å². The van der Waals surface area contributed by atoms with Gasteiger partial charge in [-0.15, -0.1) is 11.3 Å². The number of benzene rings is 1. The van der Waals surface area contributed by atoms with Gasteiger partial charge < -0.3 is 10.1 Å². The average molecular weight is 300 g/mol. The molecule has 5 heteroatoms. The lowest BCUT2D eigenvalue weighted by atomic mass is 10.1. The van der Waals surface area contributed by atoms with Crippen LogP contribution in [0.4, 0.5) is 4.39 Å². The van der Waals surface area contributed by atoms with Crippen LogP contribution in [0.2, 0.25) is 4.34 Å². The molecule has 0 bridgehead atoms. The molecule has 0 aliphatic rings. The Morgan fingerprint density at radius 3 is 2.79 bits per heavy atom. The van der Waals surface area contributed by atoms with Crippen molar-refractivity contribution in [3.8, 4) is 5.75 Å². The summed E-state index contributed by atoms with van der Waals surface area (Å²) in [5.41, 5.74) is 0.937. The summed E-state index contributed by atoms with van der Waals surface area (Å²) in [6, 6.07) is 8.44. The molecule has 1 aromatic carbocycles. The van der Waals surface area contributed by atoms with Crippen molar-refractivity contribution in [1.82, 2.24) is 5.32 Å². The maximum absolute atomic E-state index is 13.3. The molecule has 2 nitrogen and oxygen atoms in total. The maximum atomic E-state index is 13.3. The van der Waals surface area contributed by atoms with Crippen molar-refractivity contribution in [2.45, 2.75) is 19.6 Å². The molecule has 1 atom stereocenters. The van der Waals surface area contributed by atoms with Crippen LogP contribution in [0.3, 0.4) is 0 Å². The predicted molar refractivity (Wildman–Crippen MR) is 77.5 cm³/mol. The van der Waals surface area contributed by atoms with E-state index in [0.29, 0.717) is 12.4 Å². The normalized spacial score (nSPS) is 12.4. The van der Waals surface area contributed by atoms with Crippen molar-refractivity contribution in [3.63, 3.8) is 0 Å². The Hall–Kier alpha value is -1.10. The van der Waals surface area contributed by atoms with Crippen LogP contribution in [0.1, 0.15) is 23.4 Å². The van der Waals surface area contributed by atoms with Gasteiger partial charge in [0.25, 0.3) is 0 Å². The summed E-state index contributed by atoms with van der Waals surface area (Å²) in [4.78, 5) is 1.01. The Morgan fingerprint density at radius 2 is 2.16 bits per heavy atom. The summed E-state index contributed by atoms with van der Waals surface area (Å²) in [7, 11) is 1.86. The van der Waals surface area contributed by atoms with Gasteiger partial charge in [-0.25, -0.2) is 4.39 Å². The van der Waals surface area contributed by atoms with Gasteiger partial charge in [-0.05, 0) is 32.2 Å². The number of thiophene rings is 1. The quantitative estimate of drug-likeness (QED) is 0.883. The van der Waals surface area contributed by atoms with E-state index in [0.717, 1.165) is 14.8 Å². The van der Waals surface area contributed by atoms with E-state index >= 15 is 0 Å². The van der Waals surface area contributed by atoms with Crippen molar-refractivity contribution < 1.29 is 9.13 Å². The number of hydrogen-bond donors (Lipinski definition) is 1. The molecule has 0 saturated heterocycles. The smallest absolute Gasteiger partial charge is 0.127 e. The Bertz CT molecular complexity index is 558. The number of hydrogen-bond acceptors (Lipinski definition) is 3. The summed E-state index contributed by atoms with van der Waals surface area (Å²) < 4.78 is 19.8. The topological polar surface area (TPSA) is 21.3 Å². The summed E-state index contributed by atoms with van der Waals surface area (Å²) in [6.07, 6.45) is 0. The van der Waals surface area contributed by atoms with Gasteiger partial charge in [0.1, 0.15) is 18.2 Å². The molecule has 0 amide bonds. The molecule has 0 spiro atoms. The number of halogens is 2. The van der Waals surface area contributed by atoms with Gasteiger partial charge in [-0.1, -0.05) is 17.7 Å². The summed E-state index contributed by atoms with van der Waals surface area (Å²) in [6.45, 7) is 2.40. The molecular formula is C14H15ClFNOS. The second-order valence-corrected chi connectivity index (χ2v) is 5.99. The Morgan fingerprint density at radius 1 is 1.37 bits per heavy atom. The molecular weight excluding hydrogens is 285 g/mol. The van der Waals surface area contributed by atoms with Crippen molar-refractivity contribution in [3.05, 3.63) is 50.9 Å². The average Bonchev–Trinajstić information content (AvgIpc) is 2.81. The van der Waals surface area contributed by atoms with Crippen molar-refractivity contribution in [2.75, 3.05) is 7.05 Å². The fourth-order valence-corrected chi connectivity index (χ4v) is 2.73. The van der Waals surface area contributed by atoms with Crippen LogP contribution in [-0.2, 0) is 6.61 Å². The van der Waals surface area contributed by atoms with E-state index in [9.17, 15) is 4.39 Å². The minimum Gasteiger partial charge on any atom is -0.488 e. The van der Waals surface area contributed by atoms with Crippen LogP contribution < -0.4 is 10.1 Å². The highest BCUT2D eigenvalue weighted by Gasteiger charge is 2.11. The fourth-order valence-electron chi connectivity index (χ4n) is 1.72. The molecule has 102 valence electrons. The molecule has 2 rings (SSSR count). The van der Waals surface area contributed by atoms with E-state index in [1.54, 1.807) is 6.07 Å². The van der Waals surface area contributed by atoms with Crippen LogP contribution in [0.15, 0.2) is 30.3 Å². The first-order chi connectivity index (χ1) is 9.10. The predicted octanol–water partition coefficient (Wildman–Crippen LogP) is 4.40. The lowest BCUT2D eigenvalue weighted by Crippen LogP contribution is -2.13. The number of rotatable bonds is 5. The Labute approximate surface area is 121 Å². The second kappa shape index (κ2) is 6.37. The van der Waals surface area contributed by atoms with Crippen molar-refractivity contribution in [1.29, 1.82) is 0 Å². The third-order valence-corrected chi connectivity index (χ3v) is 4.08. The van der Waals surface area contributed by atoms with Crippen LogP contribution in [-0.4, -0.2) is 7.05 Å². The standard InChI is InChI=1S/C14H15ClFNOS/c1-9(17-2)12-5-3-10(16)7-13(12)18-8-11-4-6-14(15)19-11/h3-7,9,17H,8H2,1-2H3. The fraction of sp³-hybridized carbons (Fsp3) is 0.286. The monoisotopic (exact) mass is 299 g/mol. The highest BCUT2D eigenvalue weighted by Crippen LogP contribution is 2.28. The number of ether oxygens (including phenoxy) is 1. The molecule has 0 radical (unpaired) electrons. The van der Waals surface area contributed by atoms with Gasteiger partial charge >= 0.3 is 0 Å². The van der Waals surface area contributed by atoms with Crippen LogP contribution >= 0.6 is 22.9 Å². The lowest BCUT2D eigenvalue weighted by molar-refractivity contribution is 0.302. The van der Waals surface area contributed by atoms with Gasteiger partial charge in [-0.2, -0.15) is 0 Å². The van der Waals surface area contributed by atoms with Gasteiger partial charge in [0.2, 0.25) is 0 Å². The molecule has 0 fully saturated rings. The first-order valence-electron chi connectivity index (χ1n) is 5.94. The summed E-state index contributed by atoms with van der Waals surface area (Å²) >= 11 is 7.33. The van der Waals surface area contributed by atoms with Gasteiger partial charge in [0.15, 0.2) is 0 Å². The first kappa shape index (κ1) is 14.3. The van der Waals surface area contributed by atoms with E-state index in [-0.39, 0.29) is 11.9 Å². The molecule has 0 aliphatic carbocycles. The lowest BCUT2D eigenvalue weighted by Gasteiger charge is -2.16. The zero-order chi connectivity index (χ0) is 13.8. The molecule has 1 aromatic heterocycles. The minimum atomic E-state index is -0.300. The minimum absolute atomic E-state index is 0.0996. The van der Waals surface area contributed by atoms with E-state index in [4.69, 9.17) is 16.3 Å². The highest BCUT2D eigenvalue weighted by atomic mass is 35.5. The Balaban J connectivity index is 2.16. The van der Waals surface area contributed by atoms with Gasteiger partial charge in [0.05, 0.1) is 4.34 Å². The third-order valence-electron chi connectivity index (χ3n) is 2.87. The molecule has 19 heavy (non-hydrogen) atoms. The zero-order valence-corrected chi connectivity index (χ0v) is 12.3. The molecule has 1 heterocycles. The second-order valence-electron chi connectivity index (χ2n) is 4.19.